The summed E-state index contributed by atoms with van der Waals surface area (Å²) in [5, 5.41) is 3.53. The summed E-state index contributed by atoms with van der Waals surface area (Å²) < 4.78 is 129. The number of benzene rings is 16. The van der Waals surface area contributed by atoms with Crippen LogP contribution in [0, 0.1) is 29.1 Å². The van der Waals surface area contributed by atoms with Crippen LogP contribution in [0.25, 0.3) is 89.3 Å². The predicted molar refractivity (Wildman–Crippen MR) is 431 cm³/mol. The number of anilines is 6. The zero-order valence-electron chi connectivity index (χ0n) is 62.8. The Hall–Kier alpha value is -13.2. The fraction of sp³-hybridized carbons (Fsp3) is 0.0400. The fourth-order valence-electron chi connectivity index (χ4n) is 16.8. The molecule has 16 aromatic carbocycles. The number of nitrogens with zero attached hydrogens (tertiary/aromatic N) is 2. The predicted octanol–water partition coefficient (Wildman–Crippen LogP) is 27.0. The molecule has 0 spiro atoms. The highest BCUT2D eigenvalue weighted by Gasteiger charge is 2.51. The van der Waals surface area contributed by atoms with Crippen LogP contribution < -0.4 is 9.80 Å². The van der Waals surface area contributed by atoms with Crippen LogP contribution in [0.15, 0.2) is 359 Å². The van der Waals surface area contributed by atoms with E-state index in [-0.39, 0.29) is 30.5 Å². The minimum absolute atomic E-state index is 0.179. The smallest absolute Gasteiger partial charge is 0.200 e. The average Bonchev–Trinajstić information content (AvgIpc) is 1.56. The molecule has 0 saturated heterocycles. The second-order valence-electron chi connectivity index (χ2n) is 27.4. The molecular formula is C100H67F5N2. The summed E-state index contributed by atoms with van der Waals surface area (Å²) in [5.74, 6) is -10.1. The molecule has 0 aromatic heterocycles. The maximum Gasteiger partial charge on any atom is 0.200 e. The second-order valence-corrected chi connectivity index (χ2v) is 27.4. The summed E-state index contributed by atoms with van der Waals surface area (Å²) in [7, 11) is 0. The van der Waals surface area contributed by atoms with Gasteiger partial charge in [0.25, 0.3) is 0 Å². The zero-order valence-corrected chi connectivity index (χ0v) is 57.8. The third-order valence-electron chi connectivity index (χ3n) is 21.8. The third kappa shape index (κ3) is 10.9. The van der Waals surface area contributed by atoms with E-state index >= 15 is 22.0 Å². The first kappa shape index (κ1) is 60.2. The molecule has 0 N–H and O–H groups in total. The molecule has 512 valence electrons. The topological polar surface area (TPSA) is 6.48 Å². The van der Waals surface area contributed by atoms with Crippen LogP contribution in [-0.4, -0.2) is 0 Å². The molecule has 2 unspecified atom stereocenters. The lowest BCUT2D eigenvalue weighted by molar-refractivity contribution is 0.357. The lowest BCUT2D eigenvalue weighted by Crippen LogP contribution is -2.34. The summed E-state index contributed by atoms with van der Waals surface area (Å²) in [4.78, 5) is 4.33. The summed E-state index contributed by atoms with van der Waals surface area (Å²) >= 11 is 0. The number of hydrogen-bond acceptors (Lipinski definition) is 2. The molecule has 0 bridgehead atoms. The van der Waals surface area contributed by atoms with Gasteiger partial charge >= 0.3 is 0 Å². The summed E-state index contributed by atoms with van der Waals surface area (Å²) in [6.45, 7) is 7.93. The first-order valence-electron chi connectivity index (χ1n) is 38.1. The van der Waals surface area contributed by atoms with Crippen molar-refractivity contribution in [3.63, 3.8) is 0 Å². The Morgan fingerprint density at radius 1 is 0.299 bits per heavy atom. The maximum atomic E-state index is 17.3. The first-order chi connectivity index (χ1) is 54.6. The van der Waals surface area contributed by atoms with Crippen molar-refractivity contribution in [1.82, 2.24) is 0 Å². The van der Waals surface area contributed by atoms with E-state index in [4.69, 9.17) is 1.37 Å². The molecule has 0 amide bonds. The summed E-state index contributed by atoms with van der Waals surface area (Å²) in [6.07, 6.45) is 3.51. The van der Waals surface area contributed by atoms with Gasteiger partial charge < -0.3 is 9.80 Å². The molecule has 0 saturated carbocycles. The Morgan fingerprint density at radius 3 is 1.09 bits per heavy atom. The van der Waals surface area contributed by atoms with Gasteiger partial charge in [-0.1, -0.05) is 310 Å². The van der Waals surface area contributed by atoms with Crippen LogP contribution >= 0.6 is 0 Å². The van der Waals surface area contributed by atoms with Gasteiger partial charge in [-0.25, -0.2) is 22.0 Å². The van der Waals surface area contributed by atoms with Gasteiger partial charge in [0, 0.05) is 39.1 Å². The van der Waals surface area contributed by atoms with Gasteiger partial charge in [0.15, 0.2) is 23.3 Å². The molecule has 7 heteroatoms. The average molecular weight is 1400 g/mol. The Balaban J connectivity index is 0.835. The van der Waals surface area contributed by atoms with E-state index in [0.29, 0.717) is 39.2 Å². The van der Waals surface area contributed by atoms with Crippen LogP contribution in [0.3, 0.4) is 0 Å². The highest BCUT2D eigenvalue weighted by atomic mass is 19.2. The third-order valence-corrected chi connectivity index (χ3v) is 21.8. The van der Waals surface area contributed by atoms with Crippen LogP contribution in [0.5, 0.6) is 0 Å². The van der Waals surface area contributed by atoms with Crippen molar-refractivity contribution in [3.8, 4) is 55.6 Å². The summed E-state index contributed by atoms with van der Waals surface area (Å²) in [5.41, 5.74) is 14.5. The Bertz CT molecular complexity index is 6040. The van der Waals surface area contributed by atoms with Crippen molar-refractivity contribution in [2.45, 2.75) is 23.7 Å². The minimum Gasteiger partial charge on any atom is -0.310 e. The van der Waals surface area contributed by atoms with Crippen LogP contribution in [-0.2, 0) is 23.7 Å². The molecule has 0 fully saturated rings. The van der Waals surface area contributed by atoms with E-state index in [9.17, 15) is 5.48 Å². The molecule has 16 aromatic rings. The minimum atomic E-state index is -2.24. The largest absolute Gasteiger partial charge is 0.310 e. The van der Waals surface area contributed by atoms with E-state index < -0.39 is 63.6 Å². The molecule has 2 aliphatic carbocycles. The molecule has 2 aliphatic rings. The Kier molecular flexibility index (Phi) is 15.1. The number of halogens is 5. The molecule has 2 atom stereocenters. The molecule has 0 heterocycles. The van der Waals surface area contributed by atoms with E-state index in [1.807, 2.05) is 176 Å². The van der Waals surface area contributed by atoms with Crippen LogP contribution in [0.2, 0.25) is 0 Å². The highest BCUT2D eigenvalue weighted by Crippen LogP contribution is 2.60. The van der Waals surface area contributed by atoms with Crippen molar-refractivity contribution >= 4 is 67.8 Å². The van der Waals surface area contributed by atoms with Crippen molar-refractivity contribution in [2.24, 2.45) is 0 Å². The highest BCUT2D eigenvalue weighted by molar-refractivity contribution is 6.13. The van der Waals surface area contributed by atoms with Crippen LogP contribution in [0.4, 0.5) is 56.1 Å². The quantitative estimate of drug-likeness (QED) is 0.0509. The molecule has 0 aliphatic heterocycles. The van der Waals surface area contributed by atoms with Gasteiger partial charge in [-0.3, -0.25) is 0 Å². The van der Waals surface area contributed by atoms with Gasteiger partial charge in [0.2, 0.25) is 5.82 Å². The van der Waals surface area contributed by atoms with Crippen molar-refractivity contribution in [2.75, 3.05) is 9.80 Å². The van der Waals surface area contributed by atoms with Gasteiger partial charge in [0.05, 0.1) is 29.1 Å². The van der Waals surface area contributed by atoms with Gasteiger partial charge in [0.1, 0.15) is 0 Å². The lowest BCUT2D eigenvalue weighted by atomic mass is 9.68. The number of hydrogen-bond donors (Lipinski definition) is 0. The van der Waals surface area contributed by atoms with Crippen molar-refractivity contribution < 1.29 is 28.8 Å². The number of fused-ring (bicyclic) bond motifs is 8. The summed E-state index contributed by atoms with van der Waals surface area (Å²) in [6, 6.07) is 102. The van der Waals surface area contributed by atoms with Gasteiger partial charge in [-0.15, -0.1) is 0 Å². The van der Waals surface area contributed by atoms with E-state index in [0.717, 1.165) is 117 Å². The monoisotopic (exact) mass is 1400 g/mol. The van der Waals surface area contributed by atoms with Crippen LogP contribution in [0.1, 0.15) is 62.5 Å². The normalized spacial score (nSPS) is 15.3. The fourth-order valence-corrected chi connectivity index (χ4v) is 16.8. The molecule has 18 rings (SSSR count). The van der Waals surface area contributed by atoms with E-state index in [2.05, 4.69) is 132 Å². The van der Waals surface area contributed by atoms with Crippen molar-refractivity contribution in [3.05, 3.63) is 444 Å². The standard InChI is InChI=1S/C100H67F5N2/c1-3-64-36-40-66(41-37-64)62-99(72-26-12-7-13-27-72)87-34-20-18-30-81(87)83-54-52-75(60-89(83)99)106(73-48-44-70(45-49-73)68-22-8-5-9-23-68)91-58-56-79(77-28-14-16-32-85(77)91)80-57-59-92(86-33-17-15-29-78(80)86)107(74-50-46-71(47-51-74)69-24-10-6-11-25-69)76-53-55-84-82-31-19-21-35-88(82)100(90(84)61-76,63-67-42-38-65(4-2)39-43-67)93-94(101)96(103)98(105)97(104)95(93)102/h3-61H,1-2,62-63H2/i7D,12D,13D,26D,27D. The molecule has 107 heavy (non-hydrogen) atoms. The van der Waals surface area contributed by atoms with E-state index in [1.54, 1.807) is 42.5 Å². The second kappa shape index (κ2) is 26.8. The molecule has 2 nitrogen and oxygen atoms in total. The first-order valence-corrected chi connectivity index (χ1v) is 35.6. The zero-order chi connectivity index (χ0) is 76.8. The van der Waals surface area contributed by atoms with Crippen molar-refractivity contribution in [1.29, 1.82) is 0 Å². The Morgan fingerprint density at radius 2 is 0.645 bits per heavy atom. The molecular weight excluding hydrogens is 1320 g/mol. The molecule has 0 radical (unpaired) electrons. The van der Waals surface area contributed by atoms with E-state index in [1.165, 1.54) is 0 Å². The number of rotatable bonds is 17. The Labute approximate surface area is 625 Å². The SMILES string of the molecule is [2H]c1c([2H])c([2H])c(C2(Cc3ccc(C=C)cc3)c3ccccc3-c3ccc(N(c4ccc(-c5ccccc5)cc4)c4ccc(-c5ccc(N(c6ccc(-c7ccccc7)cc6)c6ccc7c(c6)C(Cc6ccc(C=C)cc6)(c6c(F)c(F)c(F)c(F)c6F)c6ccccc6-7)c6ccccc56)c5ccccc45)cc32)c([2H])c1[2H]. The van der Waals surface area contributed by atoms with Gasteiger partial charge in [-0.2, -0.15) is 0 Å². The lowest BCUT2D eigenvalue weighted by Gasteiger charge is -2.35. The maximum absolute atomic E-state index is 17.3. The van der Waals surface area contributed by atoms with Gasteiger partial charge in [-0.05, 0) is 190 Å².